The van der Waals surface area contributed by atoms with Crippen LogP contribution in [0.5, 0.6) is 0 Å². The van der Waals surface area contributed by atoms with Gasteiger partial charge in [0.1, 0.15) is 10.8 Å². The van der Waals surface area contributed by atoms with Gasteiger partial charge in [-0.3, -0.25) is 0 Å². The van der Waals surface area contributed by atoms with Gasteiger partial charge in [0.2, 0.25) is 0 Å². The maximum absolute atomic E-state index is 12.8. The number of benzene rings is 1. The van der Waals surface area contributed by atoms with Gasteiger partial charge in [0.25, 0.3) is 0 Å². The van der Waals surface area contributed by atoms with E-state index >= 15 is 0 Å². The van der Waals surface area contributed by atoms with E-state index in [0.29, 0.717) is 13.1 Å². The van der Waals surface area contributed by atoms with Crippen LogP contribution in [0, 0.1) is 5.82 Å². The van der Waals surface area contributed by atoms with E-state index < -0.39 is 6.10 Å². The van der Waals surface area contributed by atoms with Gasteiger partial charge in [-0.1, -0.05) is 0 Å². The highest BCUT2D eigenvalue weighted by molar-refractivity contribution is 7.13. The first-order valence-corrected chi connectivity index (χ1v) is 6.77. The summed E-state index contributed by atoms with van der Waals surface area (Å²) in [5, 5.41) is 23.6. The molecule has 0 saturated heterocycles. The molecule has 0 aliphatic heterocycles. The highest BCUT2D eigenvalue weighted by Gasteiger charge is 2.06. The number of aliphatic hydroxyl groups is 2. The van der Waals surface area contributed by atoms with Crippen LogP contribution in [0.1, 0.15) is 5.69 Å². The minimum Gasteiger partial charge on any atom is -0.394 e. The largest absolute Gasteiger partial charge is 0.394 e. The Hall–Kier alpha value is -1.34. The summed E-state index contributed by atoms with van der Waals surface area (Å²) in [5.74, 6) is -0.264. The predicted molar refractivity (Wildman–Crippen MR) is 72.3 cm³/mol. The standard InChI is InChI=1S/C13H15FN2O2S/c14-10-3-1-9(2-4-10)13-16-11(8-19-13)5-15-6-12(18)7-17/h1-4,8,12,15,17-18H,5-7H2. The molecule has 1 atom stereocenters. The van der Waals surface area contributed by atoms with Crippen molar-refractivity contribution in [2.45, 2.75) is 12.6 Å². The second kappa shape index (κ2) is 6.72. The molecule has 3 N–H and O–H groups in total. The summed E-state index contributed by atoms with van der Waals surface area (Å²) in [6.07, 6.45) is -0.754. The summed E-state index contributed by atoms with van der Waals surface area (Å²) in [4.78, 5) is 4.42. The Bertz CT molecular complexity index is 516. The van der Waals surface area contributed by atoms with E-state index in [1.165, 1.54) is 23.5 Å². The third-order valence-electron chi connectivity index (χ3n) is 2.54. The number of hydrogen-bond acceptors (Lipinski definition) is 5. The zero-order valence-corrected chi connectivity index (χ0v) is 11.0. The van der Waals surface area contributed by atoms with Crippen molar-refractivity contribution in [3.8, 4) is 10.6 Å². The van der Waals surface area contributed by atoms with Crippen LogP contribution in [0.3, 0.4) is 0 Å². The number of halogens is 1. The van der Waals surface area contributed by atoms with E-state index in [1.54, 1.807) is 12.1 Å². The summed E-state index contributed by atoms with van der Waals surface area (Å²) in [6.45, 7) is 0.583. The summed E-state index contributed by atoms with van der Waals surface area (Å²) in [6, 6.07) is 6.21. The highest BCUT2D eigenvalue weighted by Crippen LogP contribution is 2.23. The molecule has 0 aliphatic carbocycles. The molecule has 102 valence electrons. The Morgan fingerprint density at radius 1 is 1.32 bits per heavy atom. The fourth-order valence-electron chi connectivity index (χ4n) is 1.54. The van der Waals surface area contributed by atoms with Crippen LogP contribution in [-0.4, -0.2) is 34.5 Å². The van der Waals surface area contributed by atoms with Crippen molar-refractivity contribution < 1.29 is 14.6 Å². The molecule has 1 aromatic heterocycles. The number of thiazole rings is 1. The van der Waals surface area contributed by atoms with Crippen LogP contribution < -0.4 is 5.32 Å². The highest BCUT2D eigenvalue weighted by atomic mass is 32.1. The summed E-state index contributed by atoms with van der Waals surface area (Å²) < 4.78 is 12.8. The number of aromatic nitrogens is 1. The molecule has 1 heterocycles. The molecule has 0 amide bonds. The summed E-state index contributed by atoms with van der Waals surface area (Å²) in [7, 11) is 0. The first-order valence-electron chi connectivity index (χ1n) is 5.89. The van der Waals surface area contributed by atoms with E-state index in [4.69, 9.17) is 5.11 Å². The molecule has 0 saturated carbocycles. The number of hydrogen-bond donors (Lipinski definition) is 3. The minimum atomic E-state index is -0.754. The molecule has 0 aliphatic rings. The Labute approximate surface area is 114 Å². The third-order valence-corrected chi connectivity index (χ3v) is 3.48. The van der Waals surface area contributed by atoms with Gasteiger partial charge in [-0.25, -0.2) is 9.37 Å². The lowest BCUT2D eigenvalue weighted by Gasteiger charge is -2.06. The fraction of sp³-hybridized carbons (Fsp3) is 0.308. The second-order valence-corrected chi connectivity index (χ2v) is 4.98. The van der Waals surface area contributed by atoms with Crippen LogP contribution in [0.2, 0.25) is 0 Å². The average molecular weight is 282 g/mol. The van der Waals surface area contributed by atoms with Crippen molar-refractivity contribution in [3.63, 3.8) is 0 Å². The van der Waals surface area contributed by atoms with Crippen LogP contribution >= 0.6 is 11.3 Å². The van der Waals surface area contributed by atoms with E-state index in [2.05, 4.69) is 10.3 Å². The molecule has 2 rings (SSSR count). The smallest absolute Gasteiger partial charge is 0.123 e. The van der Waals surface area contributed by atoms with Crippen molar-refractivity contribution in [2.75, 3.05) is 13.2 Å². The monoisotopic (exact) mass is 282 g/mol. The SMILES string of the molecule is OCC(O)CNCc1csc(-c2ccc(F)cc2)n1. The van der Waals surface area contributed by atoms with E-state index in [-0.39, 0.29) is 12.4 Å². The first kappa shape index (κ1) is 14.1. The Balaban J connectivity index is 1.93. The Morgan fingerprint density at radius 3 is 2.74 bits per heavy atom. The van der Waals surface area contributed by atoms with Gasteiger partial charge >= 0.3 is 0 Å². The van der Waals surface area contributed by atoms with Crippen molar-refractivity contribution in [3.05, 3.63) is 41.2 Å². The molecular formula is C13H15FN2O2S. The van der Waals surface area contributed by atoms with Crippen LogP contribution in [-0.2, 0) is 6.54 Å². The number of aliphatic hydroxyl groups excluding tert-OH is 2. The van der Waals surface area contributed by atoms with Crippen molar-refractivity contribution in [1.82, 2.24) is 10.3 Å². The van der Waals surface area contributed by atoms with Crippen molar-refractivity contribution >= 4 is 11.3 Å². The van der Waals surface area contributed by atoms with Gasteiger partial charge in [-0.15, -0.1) is 11.3 Å². The summed E-state index contributed by atoms with van der Waals surface area (Å²) >= 11 is 1.49. The van der Waals surface area contributed by atoms with Crippen molar-refractivity contribution in [1.29, 1.82) is 0 Å². The molecule has 1 unspecified atom stereocenters. The lowest BCUT2D eigenvalue weighted by Crippen LogP contribution is -2.28. The Morgan fingerprint density at radius 2 is 2.05 bits per heavy atom. The molecule has 2 aromatic rings. The minimum absolute atomic E-state index is 0.259. The van der Waals surface area contributed by atoms with Gasteiger partial charge in [-0.05, 0) is 24.3 Å². The molecule has 4 nitrogen and oxygen atoms in total. The van der Waals surface area contributed by atoms with Gasteiger partial charge in [0, 0.05) is 24.0 Å². The molecule has 0 fully saturated rings. The molecule has 19 heavy (non-hydrogen) atoms. The van der Waals surface area contributed by atoms with E-state index in [1.807, 2.05) is 5.38 Å². The summed E-state index contributed by atoms with van der Waals surface area (Å²) in [5.41, 5.74) is 1.74. The quantitative estimate of drug-likeness (QED) is 0.749. The van der Waals surface area contributed by atoms with E-state index in [9.17, 15) is 9.50 Å². The lowest BCUT2D eigenvalue weighted by molar-refractivity contribution is 0.0941. The maximum Gasteiger partial charge on any atom is 0.123 e. The second-order valence-electron chi connectivity index (χ2n) is 4.12. The third kappa shape index (κ3) is 4.07. The average Bonchev–Trinajstić information content (AvgIpc) is 2.88. The first-order chi connectivity index (χ1) is 9.19. The fourth-order valence-corrected chi connectivity index (χ4v) is 2.37. The van der Waals surface area contributed by atoms with Crippen LogP contribution in [0.15, 0.2) is 29.6 Å². The molecule has 0 bridgehead atoms. The molecular weight excluding hydrogens is 267 g/mol. The van der Waals surface area contributed by atoms with Gasteiger partial charge in [0.15, 0.2) is 0 Å². The molecule has 1 aromatic carbocycles. The zero-order chi connectivity index (χ0) is 13.7. The van der Waals surface area contributed by atoms with E-state index in [0.717, 1.165) is 16.3 Å². The Kier molecular flexibility index (Phi) is 4.98. The molecule has 0 spiro atoms. The van der Waals surface area contributed by atoms with Gasteiger partial charge in [-0.2, -0.15) is 0 Å². The van der Waals surface area contributed by atoms with Crippen LogP contribution in [0.25, 0.3) is 10.6 Å². The van der Waals surface area contributed by atoms with Gasteiger partial charge < -0.3 is 15.5 Å². The predicted octanol–water partition coefficient (Wildman–Crippen LogP) is 1.39. The topological polar surface area (TPSA) is 65.4 Å². The molecule has 0 radical (unpaired) electrons. The lowest BCUT2D eigenvalue weighted by atomic mass is 10.2. The normalized spacial score (nSPS) is 12.6. The maximum atomic E-state index is 12.8. The molecule has 6 heteroatoms. The number of nitrogens with zero attached hydrogens (tertiary/aromatic N) is 1. The van der Waals surface area contributed by atoms with Gasteiger partial charge in [0.05, 0.1) is 18.4 Å². The van der Waals surface area contributed by atoms with Crippen molar-refractivity contribution in [2.24, 2.45) is 0 Å². The zero-order valence-electron chi connectivity index (χ0n) is 10.2. The van der Waals surface area contributed by atoms with Crippen LogP contribution in [0.4, 0.5) is 4.39 Å². The number of rotatable bonds is 6. The number of nitrogens with one attached hydrogen (secondary N) is 1.